The molecule has 2 fully saturated rings. The summed E-state index contributed by atoms with van der Waals surface area (Å²) in [6, 6.07) is 4.53. The van der Waals surface area contributed by atoms with E-state index in [2.05, 4.69) is 14.9 Å². The monoisotopic (exact) mass is 461 g/mol. The van der Waals surface area contributed by atoms with Crippen molar-refractivity contribution in [2.45, 2.75) is 63.6 Å². The molecule has 3 N–H and O–H groups in total. The van der Waals surface area contributed by atoms with Gasteiger partial charge in [0.15, 0.2) is 0 Å². The van der Waals surface area contributed by atoms with Crippen LogP contribution < -0.4 is 11.1 Å². The molecule has 1 aliphatic heterocycles. The first-order valence-corrected chi connectivity index (χ1v) is 12.2. The number of hydrogen-bond acceptors (Lipinski definition) is 6. The number of nitrogens with zero attached hydrogens (tertiary/aromatic N) is 3. The molecule has 2 aliphatic rings. The maximum Gasteiger partial charge on any atom is 0.243 e. The van der Waals surface area contributed by atoms with E-state index in [4.69, 9.17) is 17.3 Å². The first-order valence-electron chi connectivity index (χ1n) is 10.9. The number of rotatable bonds is 6. The van der Waals surface area contributed by atoms with Crippen molar-refractivity contribution in [2.75, 3.05) is 6.54 Å². The Morgan fingerprint density at radius 3 is 2.77 bits per heavy atom. The molecule has 9 heteroatoms. The second kappa shape index (κ2) is 10.1. The average molecular weight is 462 g/mol. The summed E-state index contributed by atoms with van der Waals surface area (Å²) in [4.78, 5) is 27.8. The van der Waals surface area contributed by atoms with Crippen LogP contribution in [0.5, 0.6) is 0 Å². The highest BCUT2D eigenvalue weighted by atomic mass is 35.5. The Bertz CT molecular complexity index is 917. The van der Waals surface area contributed by atoms with E-state index in [-0.39, 0.29) is 17.7 Å². The molecule has 2 atom stereocenters. The molecular formula is C22H28ClN5O2S. The lowest BCUT2D eigenvalue weighted by Gasteiger charge is -2.32. The van der Waals surface area contributed by atoms with Gasteiger partial charge in [-0.25, -0.2) is 0 Å². The second-order valence-corrected chi connectivity index (χ2v) is 9.47. The number of aromatic nitrogens is 2. The highest BCUT2D eigenvalue weighted by molar-refractivity contribution is 7.03. The third kappa shape index (κ3) is 5.07. The van der Waals surface area contributed by atoms with Crippen LogP contribution in [0.3, 0.4) is 0 Å². The first kappa shape index (κ1) is 22.2. The molecule has 2 heterocycles. The Morgan fingerprint density at radius 1 is 1.23 bits per heavy atom. The van der Waals surface area contributed by atoms with Crippen molar-refractivity contribution in [1.29, 1.82) is 0 Å². The smallest absolute Gasteiger partial charge is 0.243 e. The fourth-order valence-corrected chi connectivity index (χ4v) is 5.38. The van der Waals surface area contributed by atoms with Crippen LogP contribution >= 0.6 is 23.1 Å². The normalized spacial score (nSPS) is 20.6. The standard InChI is InChI=1S/C22H28ClN5O2S/c23-16-8-9-17(18-13-31-27-26-18)15(11-16)12-25-21(29)19-7-4-10-28(19)22(30)20(24)14-5-2-1-3-6-14/h8-9,11,13-14,19-20H,1-7,10,12,24H2,(H,25,29)/t19-,20?/m0/s1. The number of benzene rings is 1. The van der Waals surface area contributed by atoms with Gasteiger partial charge < -0.3 is 16.0 Å². The van der Waals surface area contributed by atoms with Gasteiger partial charge in [0.05, 0.1) is 6.04 Å². The quantitative estimate of drug-likeness (QED) is 0.686. The fourth-order valence-electron chi connectivity index (χ4n) is 4.73. The number of nitrogens with one attached hydrogen (secondary N) is 1. The molecule has 7 nitrogen and oxygen atoms in total. The summed E-state index contributed by atoms with van der Waals surface area (Å²) in [7, 11) is 0. The minimum atomic E-state index is -0.509. The van der Waals surface area contributed by atoms with Crippen LogP contribution in [0.15, 0.2) is 23.6 Å². The Labute approximate surface area is 191 Å². The highest BCUT2D eigenvalue weighted by Crippen LogP contribution is 2.29. The van der Waals surface area contributed by atoms with E-state index in [1.54, 1.807) is 11.0 Å². The van der Waals surface area contributed by atoms with Crippen LogP contribution in [0.1, 0.15) is 50.5 Å². The zero-order valence-corrected chi connectivity index (χ0v) is 19.0. The van der Waals surface area contributed by atoms with Crippen molar-refractivity contribution in [1.82, 2.24) is 19.8 Å². The molecule has 0 spiro atoms. The van der Waals surface area contributed by atoms with Gasteiger partial charge in [0.25, 0.3) is 0 Å². The predicted octanol–water partition coefficient (Wildman–Crippen LogP) is 3.37. The van der Waals surface area contributed by atoms with Crippen molar-refractivity contribution < 1.29 is 9.59 Å². The molecule has 2 aromatic rings. The van der Waals surface area contributed by atoms with E-state index in [1.807, 2.05) is 17.5 Å². The van der Waals surface area contributed by atoms with Crippen molar-refractivity contribution in [2.24, 2.45) is 11.7 Å². The van der Waals surface area contributed by atoms with Crippen LogP contribution in [0.2, 0.25) is 5.02 Å². The van der Waals surface area contributed by atoms with Crippen LogP contribution in [-0.4, -0.2) is 44.9 Å². The van der Waals surface area contributed by atoms with E-state index < -0.39 is 12.1 Å². The Morgan fingerprint density at radius 2 is 2.03 bits per heavy atom. The molecule has 1 aliphatic carbocycles. The molecule has 1 saturated heterocycles. The Balaban J connectivity index is 1.41. The SMILES string of the molecule is NC(C(=O)N1CCC[C@H]1C(=O)NCc1cc(Cl)ccc1-c1csnn1)C1CCCCC1. The first-order chi connectivity index (χ1) is 15.0. The number of likely N-dealkylation sites (tertiary alicyclic amines) is 1. The molecule has 2 amide bonds. The molecule has 0 radical (unpaired) electrons. The van der Waals surface area contributed by atoms with Crippen molar-refractivity contribution in [3.05, 3.63) is 34.2 Å². The zero-order chi connectivity index (χ0) is 21.8. The minimum absolute atomic E-state index is 0.0819. The Hall–Kier alpha value is -2.03. The lowest BCUT2D eigenvalue weighted by molar-refractivity contribution is -0.140. The highest BCUT2D eigenvalue weighted by Gasteiger charge is 2.38. The van der Waals surface area contributed by atoms with E-state index in [1.165, 1.54) is 18.0 Å². The molecule has 31 heavy (non-hydrogen) atoms. The largest absolute Gasteiger partial charge is 0.350 e. The lowest BCUT2D eigenvalue weighted by atomic mass is 9.83. The minimum Gasteiger partial charge on any atom is -0.350 e. The molecule has 1 aromatic carbocycles. The Kier molecular flexibility index (Phi) is 7.20. The maximum absolute atomic E-state index is 13.1. The van der Waals surface area contributed by atoms with Gasteiger partial charge in [0.1, 0.15) is 11.7 Å². The number of amides is 2. The molecule has 1 aromatic heterocycles. The van der Waals surface area contributed by atoms with Gasteiger partial charge in [0.2, 0.25) is 11.8 Å². The van der Waals surface area contributed by atoms with E-state index in [0.29, 0.717) is 24.5 Å². The molecule has 1 saturated carbocycles. The van der Waals surface area contributed by atoms with E-state index >= 15 is 0 Å². The van der Waals surface area contributed by atoms with Crippen LogP contribution in [0, 0.1) is 5.92 Å². The predicted molar refractivity (Wildman–Crippen MR) is 121 cm³/mol. The number of nitrogens with two attached hydrogens (primary N) is 1. The fraction of sp³-hybridized carbons (Fsp3) is 0.545. The third-order valence-corrected chi connectivity index (χ3v) is 7.18. The summed E-state index contributed by atoms with van der Waals surface area (Å²) in [6.45, 7) is 0.893. The van der Waals surface area contributed by atoms with E-state index in [9.17, 15) is 9.59 Å². The second-order valence-electron chi connectivity index (χ2n) is 8.42. The van der Waals surface area contributed by atoms with E-state index in [0.717, 1.165) is 48.9 Å². The molecule has 0 bridgehead atoms. The lowest BCUT2D eigenvalue weighted by Crippen LogP contribution is -2.53. The number of halogens is 1. The molecule has 1 unspecified atom stereocenters. The van der Waals surface area contributed by atoms with Crippen LogP contribution in [0.4, 0.5) is 0 Å². The summed E-state index contributed by atoms with van der Waals surface area (Å²) >= 11 is 7.45. The maximum atomic E-state index is 13.1. The average Bonchev–Trinajstić information content (AvgIpc) is 3.49. The third-order valence-electron chi connectivity index (χ3n) is 6.44. The van der Waals surface area contributed by atoms with Gasteiger partial charge in [-0.3, -0.25) is 9.59 Å². The summed E-state index contributed by atoms with van der Waals surface area (Å²) in [5.41, 5.74) is 8.84. The van der Waals surface area contributed by atoms with Crippen LogP contribution in [-0.2, 0) is 16.1 Å². The molecule has 4 rings (SSSR count). The summed E-state index contributed by atoms with van der Waals surface area (Å²) in [6.07, 6.45) is 6.95. The molecule has 166 valence electrons. The molecular weight excluding hydrogens is 434 g/mol. The van der Waals surface area contributed by atoms with Gasteiger partial charge in [-0.2, -0.15) is 0 Å². The van der Waals surface area contributed by atoms with Crippen molar-refractivity contribution >= 4 is 34.9 Å². The summed E-state index contributed by atoms with van der Waals surface area (Å²) < 4.78 is 3.92. The number of hydrogen-bond donors (Lipinski definition) is 2. The zero-order valence-electron chi connectivity index (χ0n) is 17.4. The van der Waals surface area contributed by atoms with Gasteiger partial charge in [0, 0.05) is 29.1 Å². The number of carbonyl (C=O) groups excluding carboxylic acids is 2. The van der Waals surface area contributed by atoms with Gasteiger partial charge in [-0.15, -0.1) is 5.10 Å². The van der Waals surface area contributed by atoms with Crippen molar-refractivity contribution in [3.8, 4) is 11.3 Å². The topological polar surface area (TPSA) is 101 Å². The summed E-state index contributed by atoms with van der Waals surface area (Å²) in [5, 5.41) is 9.57. The van der Waals surface area contributed by atoms with Crippen LogP contribution in [0.25, 0.3) is 11.3 Å². The van der Waals surface area contributed by atoms with Gasteiger partial charge >= 0.3 is 0 Å². The van der Waals surface area contributed by atoms with Gasteiger partial charge in [-0.1, -0.05) is 41.4 Å². The number of carbonyl (C=O) groups is 2. The summed E-state index contributed by atoms with van der Waals surface area (Å²) in [5.74, 6) is -0.00290. The van der Waals surface area contributed by atoms with Gasteiger partial charge in [-0.05, 0) is 60.8 Å². The van der Waals surface area contributed by atoms with Crippen molar-refractivity contribution in [3.63, 3.8) is 0 Å².